The number of pyridine rings is 8. The number of hydrogen-bond donors (Lipinski definition) is 0. The van der Waals surface area contributed by atoms with Gasteiger partial charge in [0.25, 0.3) is 0 Å². The highest BCUT2D eigenvalue weighted by Crippen LogP contribution is 2.38. The second-order valence-electron chi connectivity index (χ2n) is 26.4. The molecule has 0 spiro atoms. The average Bonchev–Trinajstić information content (AvgIpc) is 0.785. The topological polar surface area (TPSA) is 103 Å². The first-order valence-electron chi connectivity index (χ1n) is 34.9. The standard InChI is InChI=1S/C60H38N4.C36H22N4/c1-3-9-39(10-4-1)45-13-7-15-47(29-45)51-31-49-25-27-57-55(59(49)63-37-51)33-53(35-61-57)43-21-17-41(18-22-43)42-19-23-44(24-20-42)54-34-56-58(62-36-54)28-26-50-32-52(38-64-60(50)56)48-16-8-14-46(30-48)40-11-5-2-6-12-40;1-3-27-13-15-33-31(35(27)37-17-1)19-29(21-39-33)25-9-5-23(6-10-25)24-7-11-26(12-8-24)30-20-32-34(40-22-30)16-14-28-4-2-18-38-36(28)32/h1-38H;1-22H. The summed E-state index contributed by atoms with van der Waals surface area (Å²) in [7, 11) is 0. The molecule has 0 aliphatic carbocycles. The Bertz CT molecular complexity index is 6280. The molecule has 12 aromatic carbocycles. The van der Waals surface area contributed by atoms with Crippen molar-refractivity contribution in [3.05, 3.63) is 365 Å². The fourth-order valence-corrected chi connectivity index (χ4v) is 14.5. The number of aromatic nitrogens is 8. The summed E-state index contributed by atoms with van der Waals surface area (Å²) in [6.07, 6.45) is 15.4. The number of fused-ring (bicyclic) bond motifs is 12. The third-order valence-corrected chi connectivity index (χ3v) is 20.0. The van der Waals surface area contributed by atoms with Crippen molar-refractivity contribution in [2.45, 2.75) is 0 Å². The highest BCUT2D eigenvalue weighted by Gasteiger charge is 2.15. The van der Waals surface area contributed by atoms with Crippen molar-refractivity contribution < 1.29 is 0 Å². The molecule has 0 aliphatic rings. The zero-order valence-corrected chi connectivity index (χ0v) is 56.2. The van der Waals surface area contributed by atoms with E-state index in [0.717, 1.165) is 165 Å². The maximum absolute atomic E-state index is 5.01. The minimum atomic E-state index is 0.931. The molecule has 0 bridgehead atoms. The summed E-state index contributed by atoms with van der Waals surface area (Å²) < 4.78 is 0. The third kappa shape index (κ3) is 11.7. The average molecular weight is 1330 g/mol. The summed E-state index contributed by atoms with van der Waals surface area (Å²) in [5, 5.41) is 8.65. The largest absolute Gasteiger partial charge is 0.256 e. The predicted molar refractivity (Wildman–Crippen MR) is 430 cm³/mol. The maximum atomic E-state index is 5.01. The zero-order chi connectivity index (χ0) is 68.9. The van der Waals surface area contributed by atoms with Crippen molar-refractivity contribution in [3.63, 3.8) is 0 Å². The van der Waals surface area contributed by atoms with Crippen LogP contribution in [0.4, 0.5) is 0 Å². The lowest BCUT2D eigenvalue weighted by Crippen LogP contribution is -1.89. The summed E-state index contributed by atoms with van der Waals surface area (Å²) in [6.45, 7) is 0. The molecule has 0 aliphatic heterocycles. The van der Waals surface area contributed by atoms with Crippen LogP contribution in [-0.4, -0.2) is 39.9 Å². The van der Waals surface area contributed by atoms with E-state index in [1.807, 2.05) is 73.8 Å². The minimum Gasteiger partial charge on any atom is -0.256 e. The van der Waals surface area contributed by atoms with Crippen molar-refractivity contribution in [2.75, 3.05) is 0 Å². The molecule has 484 valence electrons. The van der Waals surface area contributed by atoms with Gasteiger partial charge < -0.3 is 0 Å². The van der Waals surface area contributed by atoms with Crippen molar-refractivity contribution in [3.8, 4) is 111 Å². The van der Waals surface area contributed by atoms with Gasteiger partial charge in [0, 0.05) is 126 Å². The molecule has 0 saturated carbocycles. The van der Waals surface area contributed by atoms with Gasteiger partial charge in [0.05, 0.1) is 44.1 Å². The fourth-order valence-electron chi connectivity index (χ4n) is 14.5. The molecule has 8 aromatic heterocycles. The Hall–Kier alpha value is -14.1. The fraction of sp³-hybridized carbons (Fsp3) is 0. The Morgan fingerprint density at radius 3 is 0.692 bits per heavy atom. The molecule has 0 amide bonds. The summed E-state index contributed by atoms with van der Waals surface area (Å²) in [5.74, 6) is 0. The molecule has 0 saturated heterocycles. The Morgan fingerprint density at radius 1 is 0.135 bits per heavy atom. The lowest BCUT2D eigenvalue weighted by atomic mass is 9.97. The van der Waals surface area contributed by atoms with Gasteiger partial charge in [-0.1, -0.05) is 231 Å². The molecule has 8 heterocycles. The summed E-state index contributed by atoms with van der Waals surface area (Å²) in [5.41, 5.74) is 30.3. The van der Waals surface area contributed by atoms with Crippen LogP contribution in [-0.2, 0) is 0 Å². The van der Waals surface area contributed by atoms with Crippen LogP contribution < -0.4 is 0 Å². The smallest absolute Gasteiger partial charge is 0.0796 e. The molecule has 8 nitrogen and oxygen atoms in total. The Balaban J connectivity index is 0.000000159. The van der Waals surface area contributed by atoms with Crippen LogP contribution in [0, 0.1) is 0 Å². The van der Waals surface area contributed by atoms with Crippen LogP contribution in [0.3, 0.4) is 0 Å². The molecule has 20 aromatic rings. The lowest BCUT2D eigenvalue weighted by Gasteiger charge is -2.10. The molecular weight excluding hydrogens is 1270 g/mol. The summed E-state index contributed by atoms with van der Waals surface area (Å²) in [6, 6.07) is 111. The number of hydrogen-bond acceptors (Lipinski definition) is 8. The predicted octanol–water partition coefficient (Wildman–Crippen LogP) is 24.4. The van der Waals surface area contributed by atoms with Gasteiger partial charge in [0.1, 0.15) is 0 Å². The minimum absolute atomic E-state index is 0.931. The van der Waals surface area contributed by atoms with Gasteiger partial charge in [-0.15, -0.1) is 0 Å². The summed E-state index contributed by atoms with van der Waals surface area (Å²) >= 11 is 0. The van der Waals surface area contributed by atoms with Crippen LogP contribution in [0.15, 0.2) is 365 Å². The van der Waals surface area contributed by atoms with Gasteiger partial charge in [-0.3, -0.25) is 39.9 Å². The first-order chi connectivity index (χ1) is 51.5. The Labute approximate surface area is 599 Å². The van der Waals surface area contributed by atoms with Crippen LogP contribution >= 0.6 is 0 Å². The number of nitrogens with zero attached hydrogens (tertiary/aromatic N) is 8. The molecule has 0 N–H and O–H groups in total. The van der Waals surface area contributed by atoms with Crippen molar-refractivity contribution in [1.82, 2.24) is 39.9 Å². The third-order valence-electron chi connectivity index (χ3n) is 20.0. The van der Waals surface area contributed by atoms with E-state index in [9.17, 15) is 0 Å². The van der Waals surface area contributed by atoms with Crippen LogP contribution in [0.1, 0.15) is 0 Å². The van der Waals surface area contributed by atoms with Crippen molar-refractivity contribution in [1.29, 1.82) is 0 Å². The van der Waals surface area contributed by atoms with Crippen molar-refractivity contribution >= 4 is 87.2 Å². The number of benzene rings is 12. The van der Waals surface area contributed by atoms with Gasteiger partial charge in [0.15, 0.2) is 0 Å². The Kier molecular flexibility index (Phi) is 15.4. The van der Waals surface area contributed by atoms with E-state index in [0.29, 0.717) is 0 Å². The van der Waals surface area contributed by atoms with Crippen LogP contribution in [0.2, 0.25) is 0 Å². The van der Waals surface area contributed by atoms with Crippen LogP contribution in [0.25, 0.3) is 198 Å². The van der Waals surface area contributed by atoms with E-state index in [-0.39, 0.29) is 0 Å². The molecule has 0 unspecified atom stereocenters. The van der Waals surface area contributed by atoms with Gasteiger partial charge in [-0.2, -0.15) is 0 Å². The second kappa shape index (κ2) is 26.2. The molecule has 0 fully saturated rings. The molecule has 0 atom stereocenters. The van der Waals surface area contributed by atoms with E-state index >= 15 is 0 Å². The van der Waals surface area contributed by atoms with E-state index in [4.69, 9.17) is 29.9 Å². The monoisotopic (exact) mass is 1320 g/mol. The van der Waals surface area contributed by atoms with Gasteiger partial charge in [-0.25, -0.2) is 0 Å². The normalized spacial score (nSPS) is 11.5. The van der Waals surface area contributed by atoms with E-state index in [1.54, 1.807) is 0 Å². The molecular formula is C96H60N8. The molecule has 0 radical (unpaired) electrons. The van der Waals surface area contributed by atoms with Crippen LogP contribution in [0.5, 0.6) is 0 Å². The summed E-state index contributed by atoms with van der Waals surface area (Å²) in [4.78, 5) is 38.4. The van der Waals surface area contributed by atoms with E-state index in [1.165, 1.54) is 33.4 Å². The van der Waals surface area contributed by atoms with Gasteiger partial charge in [0.2, 0.25) is 0 Å². The quantitative estimate of drug-likeness (QED) is 0.125. The van der Waals surface area contributed by atoms with E-state index in [2.05, 4.69) is 301 Å². The second-order valence-corrected chi connectivity index (χ2v) is 26.4. The molecule has 8 heteroatoms. The van der Waals surface area contributed by atoms with Gasteiger partial charge in [-0.05, 0) is 163 Å². The molecule has 20 rings (SSSR count). The van der Waals surface area contributed by atoms with Crippen molar-refractivity contribution in [2.24, 2.45) is 0 Å². The zero-order valence-electron chi connectivity index (χ0n) is 56.2. The molecule has 104 heavy (non-hydrogen) atoms. The highest BCUT2D eigenvalue weighted by atomic mass is 14.7. The Morgan fingerprint density at radius 2 is 0.375 bits per heavy atom. The van der Waals surface area contributed by atoms with E-state index < -0.39 is 0 Å². The number of rotatable bonds is 10. The first-order valence-corrected chi connectivity index (χ1v) is 34.9. The SMILES string of the molecule is c1ccc(-c2cccc(-c3cnc4c(ccc5ncc(-c6ccc(-c7ccc(-c8cnc9ccc%10cc(-c%11cccc(-c%12ccccc%12)c%11)cnc%10c9c8)cc7)cc6)cc54)c3)c2)cc1.c1cnc2c(c1)ccc1ncc(-c3ccc(-c4ccc(-c5cnc6ccc7cccnc7c6c5)cc4)cc3)cc12. The highest BCUT2D eigenvalue weighted by molar-refractivity contribution is 6.09. The van der Waals surface area contributed by atoms with Gasteiger partial charge >= 0.3 is 0 Å². The first kappa shape index (κ1) is 61.0. The maximum Gasteiger partial charge on any atom is 0.0796 e. The lowest BCUT2D eigenvalue weighted by molar-refractivity contribution is 1.39.